The smallest absolute Gasteiger partial charge is 0 e. The second-order valence-electron chi connectivity index (χ2n) is 5.67. The van der Waals surface area contributed by atoms with Gasteiger partial charge >= 0.3 is 0 Å². The number of hydrogen-bond acceptors (Lipinski definition) is 0. The van der Waals surface area contributed by atoms with Crippen LogP contribution in [0.4, 0.5) is 0 Å². The molecule has 2 saturated heterocycles. The monoisotopic (exact) mass is 362 g/mol. The van der Waals surface area contributed by atoms with E-state index in [2.05, 4.69) is 34.4 Å². The van der Waals surface area contributed by atoms with Crippen molar-refractivity contribution in [3.8, 4) is 0 Å². The molecule has 0 aliphatic carbocycles. The van der Waals surface area contributed by atoms with Crippen LogP contribution in [0.15, 0.2) is 0 Å². The topological polar surface area (TPSA) is 0 Å². The quantitative estimate of drug-likeness (QED) is 0.350. The minimum absolute atomic E-state index is 0. The second-order valence-corrected chi connectivity index (χ2v) is 11.4. The standard InChI is InChI=1S/C8H16P.C6H13P.Rh/c1-4-9-7(2)5-6-8(9)3;1-6-3-4-7(2)5-6;/h7-8H,1,4-6H2,2-3H3;6H,3-5H2,1-2H3;/q-1;;/t7-,8-;6-,7-;/m00./s1. The summed E-state index contributed by atoms with van der Waals surface area (Å²) >= 11 is 0. The molecule has 105 valence electrons. The van der Waals surface area contributed by atoms with Crippen molar-refractivity contribution in [1.82, 2.24) is 0 Å². The first-order chi connectivity index (χ1) is 7.54. The second kappa shape index (κ2) is 9.40. The van der Waals surface area contributed by atoms with Gasteiger partial charge in [-0.1, -0.05) is 20.8 Å². The molecule has 4 atom stereocenters. The van der Waals surface area contributed by atoms with Gasteiger partial charge in [0, 0.05) is 19.5 Å². The fraction of sp³-hybridized carbons (Fsp3) is 0.929. The van der Waals surface area contributed by atoms with Gasteiger partial charge in [0.2, 0.25) is 0 Å². The molecule has 0 aromatic rings. The largest absolute Gasteiger partial charge is 0.339 e. The van der Waals surface area contributed by atoms with Gasteiger partial charge in [-0.2, -0.15) is 6.16 Å². The summed E-state index contributed by atoms with van der Waals surface area (Å²) in [5.41, 5.74) is 2.01. The Morgan fingerprint density at radius 3 is 1.76 bits per heavy atom. The summed E-state index contributed by atoms with van der Waals surface area (Å²) in [6.45, 7) is 13.6. The zero-order valence-corrected chi connectivity index (χ0v) is 15.3. The Morgan fingerprint density at radius 2 is 1.59 bits per heavy atom. The summed E-state index contributed by atoms with van der Waals surface area (Å²) in [5.74, 6) is 1.05. The van der Waals surface area contributed by atoms with E-state index >= 15 is 0 Å². The molecule has 1 radical (unpaired) electrons. The Bertz CT molecular complexity index is 181. The molecule has 0 nitrogen and oxygen atoms in total. The minimum Gasteiger partial charge on any atom is -0.339 e. The van der Waals surface area contributed by atoms with Crippen molar-refractivity contribution < 1.29 is 19.5 Å². The van der Waals surface area contributed by atoms with Gasteiger partial charge in [0.1, 0.15) is 0 Å². The van der Waals surface area contributed by atoms with Crippen LogP contribution < -0.4 is 0 Å². The average Bonchev–Trinajstić information content (AvgIpc) is 2.75. The third-order valence-electron chi connectivity index (χ3n) is 4.02. The van der Waals surface area contributed by atoms with Crippen LogP contribution in [0.5, 0.6) is 0 Å². The summed E-state index contributed by atoms with van der Waals surface area (Å²) in [5, 5.41) is 0. The Kier molecular flexibility index (Phi) is 10.2. The maximum Gasteiger partial charge on any atom is 0 e. The van der Waals surface area contributed by atoms with Crippen LogP contribution in [-0.4, -0.2) is 36.5 Å². The molecule has 0 saturated carbocycles. The molecule has 0 aromatic carbocycles. The molecule has 3 heteroatoms. The molecule has 2 aliphatic heterocycles. The van der Waals surface area contributed by atoms with Crippen molar-refractivity contribution in [1.29, 1.82) is 0 Å². The van der Waals surface area contributed by atoms with Crippen molar-refractivity contribution in [2.45, 2.75) is 51.4 Å². The van der Waals surface area contributed by atoms with Crippen LogP contribution >= 0.6 is 15.8 Å². The van der Waals surface area contributed by atoms with Gasteiger partial charge in [-0.05, 0) is 55.5 Å². The predicted molar refractivity (Wildman–Crippen MR) is 81.7 cm³/mol. The Labute approximate surface area is 124 Å². The van der Waals surface area contributed by atoms with E-state index in [-0.39, 0.29) is 19.5 Å². The minimum atomic E-state index is 0. The van der Waals surface area contributed by atoms with E-state index in [1.54, 1.807) is 0 Å². The van der Waals surface area contributed by atoms with Gasteiger partial charge in [0.05, 0.1) is 0 Å². The summed E-state index contributed by atoms with van der Waals surface area (Å²) in [4.78, 5) is 0. The molecule has 2 rings (SSSR count). The third kappa shape index (κ3) is 6.45. The molecule has 17 heavy (non-hydrogen) atoms. The SMILES string of the molecule is C[C@H]1CC[P@](C)C1.[CH2-]CP1[C@@H](C)CC[C@@H]1C.[Rh]. The van der Waals surface area contributed by atoms with Crippen molar-refractivity contribution in [3.63, 3.8) is 0 Å². The Hall–Kier alpha value is 1.48. The Balaban J connectivity index is 0.000000292. The molecule has 2 heterocycles. The molecule has 0 N–H and O–H groups in total. The maximum absolute atomic E-state index is 4.00. The van der Waals surface area contributed by atoms with E-state index in [0.29, 0.717) is 15.8 Å². The van der Waals surface area contributed by atoms with Crippen molar-refractivity contribution in [2.24, 2.45) is 5.92 Å². The summed E-state index contributed by atoms with van der Waals surface area (Å²) in [7, 11) is 0.819. The van der Waals surface area contributed by atoms with Gasteiger partial charge < -0.3 is 6.92 Å². The summed E-state index contributed by atoms with van der Waals surface area (Å²) < 4.78 is 0. The third-order valence-corrected chi connectivity index (χ3v) is 9.59. The van der Waals surface area contributed by atoms with Gasteiger partial charge in [-0.15, -0.1) is 15.8 Å². The van der Waals surface area contributed by atoms with Crippen LogP contribution in [0.1, 0.15) is 40.0 Å². The molecule has 2 fully saturated rings. The molecule has 0 amide bonds. The first kappa shape index (κ1) is 18.5. The zero-order chi connectivity index (χ0) is 12.1. The fourth-order valence-corrected chi connectivity index (χ4v) is 7.87. The van der Waals surface area contributed by atoms with Crippen LogP contribution in [0.25, 0.3) is 0 Å². The van der Waals surface area contributed by atoms with Crippen molar-refractivity contribution >= 4 is 15.8 Å². The van der Waals surface area contributed by atoms with Gasteiger partial charge in [0.25, 0.3) is 0 Å². The molecule has 0 unspecified atom stereocenters. The number of hydrogen-bond donors (Lipinski definition) is 0. The van der Waals surface area contributed by atoms with E-state index in [9.17, 15) is 0 Å². The van der Waals surface area contributed by atoms with Crippen LogP contribution in [0.3, 0.4) is 0 Å². The average molecular weight is 362 g/mol. The van der Waals surface area contributed by atoms with Crippen molar-refractivity contribution in [2.75, 3.05) is 25.2 Å². The molecule has 0 bridgehead atoms. The molecular formula is C14H29P2Rh-. The normalized spacial score (nSPS) is 37.2. The fourth-order valence-electron chi connectivity index (χ4n) is 2.84. The first-order valence-electron chi connectivity index (χ1n) is 6.78. The zero-order valence-electron chi connectivity index (χ0n) is 11.9. The van der Waals surface area contributed by atoms with Gasteiger partial charge in [-0.25, -0.2) is 0 Å². The van der Waals surface area contributed by atoms with Crippen molar-refractivity contribution in [3.05, 3.63) is 6.92 Å². The molecular weight excluding hydrogens is 333 g/mol. The maximum atomic E-state index is 4.00. The molecule has 0 aromatic heterocycles. The summed E-state index contributed by atoms with van der Waals surface area (Å²) in [6, 6.07) is 0. The molecule has 0 spiro atoms. The van der Waals surface area contributed by atoms with E-state index in [1.807, 2.05) is 0 Å². The molecule has 2 aliphatic rings. The van der Waals surface area contributed by atoms with Crippen LogP contribution in [-0.2, 0) is 19.5 Å². The predicted octanol–water partition coefficient (Wildman–Crippen LogP) is 5.01. The van der Waals surface area contributed by atoms with E-state index < -0.39 is 0 Å². The van der Waals surface area contributed by atoms with Gasteiger partial charge in [0.15, 0.2) is 0 Å². The van der Waals surface area contributed by atoms with Crippen LogP contribution in [0, 0.1) is 12.8 Å². The summed E-state index contributed by atoms with van der Waals surface area (Å²) in [6.07, 6.45) is 8.70. The van der Waals surface area contributed by atoms with E-state index in [4.69, 9.17) is 0 Å². The van der Waals surface area contributed by atoms with Crippen LogP contribution in [0.2, 0.25) is 0 Å². The number of rotatable bonds is 1. The van der Waals surface area contributed by atoms with Gasteiger partial charge in [-0.3, -0.25) is 0 Å². The van der Waals surface area contributed by atoms with E-state index in [1.165, 1.54) is 37.7 Å². The van der Waals surface area contributed by atoms with E-state index in [0.717, 1.165) is 17.2 Å². The Morgan fingerprint density at radius 1 is 1.06 bits per heavy atom. The first-order valence-corrected chi connectivity index (χ1v) is 10.6.